The molecule has 4 rings (SSSR count). The van der Waals surface area contributed by atoms with Gasteiger partial charge >= 0.3 is 5.97 Å². The number of rotatable bonds is 4. The number of aromatic nitrogens is 2. The Bertz CT molecular complexity index is 1100. The minimum Gasteiger partial charge on any atom is -0.476 e. The van der Waals surface area contributed by atoms with Crippen molar-refractivity contribution < 1.29 is 14.7 Å². The lowest BCUT2D eigenvalue weighted by atomic mass is 9.83. The first kappa shape index (κ1) is 19.4. The third-order valence-electron chi connectivity index (χ3n) is 5.44. The molecule has 2 aromatic heterocycles. The van der Waals surface area contributed by atoms with Crippen LogP contribution in [0.1, 0.15) is 51.1 Å². The Hall–Kier alpha value is -2.93. The van der Waals surface area contributed by atoms with E-state index >= 15 is 0 Å². The molecule has 6 nitrogen and oxygen atoms in total. The summed E-state index contributed by atoms with van der Waals surface area (Å²) in [6, 6.07) is 10.1. The van der Waals surface area contributed by atoms with E-state index in [-0.39, 0.29) is 17.5 Å². The molecule has 0 aliphatic carbocycles. The molecule has 0 unspecified atom stereocenters. The molecule has 1 aliphatic rings. The van der Waals surface area contributed by atoms with Crippen LogP contribution in [0.4, 0.5) is 0 Å². The summed E-state index contributed by atoms with van der Waals surface area (Å²) in [6.45, 7) is 7.42. The van der Waals surface area contributed by atoms with Crippen molar-refractivity contribution >= 4 is 23.2 Å². The average molecular weight is 410 g/mol. The van der Waals surface area contributed by atoms with Gasteiger partial charge in [0.2, 0.25) is 5.91 Å². The first-order chi connectivity index (χ1) is 13.9. The molecule has 0 radical (unpaired) electrons. The molecular weight excluding hydrogens is 386 g/mol. The normalized spacial score (nSPS) is 16.0. The number of carbonyl (C=O) groups is 2. The molecule has 1 N–H and O–H groups in total. The van der Waals surface area contributed by atoms with Crippen molar-refractivity contribution in [3.8, 4) is 11.1 Å². The van der Waals surface area contributed by atoms with Crippen LogP contribution in [-0.2, 0) is 17.9 Å². The fourth-order valence-corrected chi connectivity index (χ4v) is 5.16. The van der Waals surface area contributed by atoms with Gasteiger partial charge in [-0.3, -0.25) is 9.48 Å². The van der Waals surface area contributed by atoms with Crippen LogP contribution in [0.5, 0.6) is 0 Å². The van der Waals surface area contributed by atoms with Crippen LogP contribution in [0.25, 0.3) is 11.1 Å². The number of amides is 1. The van der Waals surface area contributed by atoms with Gasteiger partial charge in [0.05, 0.1) is 6.54 Å². The molecule has 1 atom stereocenters. The molecule has 0 bridgehead atoms. The standard InChI is InChI=1S/C22H23N3O3S/c1-4-25-11-19(21(23-25)22(27)28)16-8-6-5-7-15(16)18-10-24(14(3)26)12-20-17(18)9-13(2)29-20/h5-9,11,18H,4,10,12H2,1-3H3,(H,27,28)/t18-/m1/s1. The minimum absolute atomic E-state index is 0.00424. The molecule has 1 aliphatic heterocycles. The SMILES string of the molecule is CCn1cc(-c2ccccc2[C@H]2CN(C(C)=O)Cc3sc(C)cc32)c(C(=O)O)n1. The molecule has 3 aromatic rings. The lowest BCUT2D eigenvalue weighted by molar-refractivity contribution is -0.129. The Kier molecular flexibility index (Phi) is 5.00. The maximum atomic E-state index is 12.2. The molecule has 0 saturated carbocycles. The fourth-order valence-electron chi connectivity index (χ4n) is 4.05. The Balaban J connectivity index is 1.89. The number of fused-ring (bicyclic) bond motifs is 1. The Morgan fingerprint density at radius 1 is 1.24 bits per heavy atom. The lowest BCUT2D eigenvalue weighted by Crippen LogP contribution is -2.36. The molecule has 3 heterocycles. The van der Waals surface area contributed by atoms with Gasteiger partial charge in [-0.15, -0.1) is 11.3 Å². The summed E-state index contributed by atoms with van der Waals surface area (Å²) < 4.78 is 1.65. The highest BCUT2D eigenvalue weighted by molar-refractivity contribution is 7.12. The van der Waals surface area contributed by atoms with Crippen LogP contribution < -0.4 is 0 Å². The average Bonchev–Trinajstić information content (AvgIpc) is 3.29. The van der Waals surface area contributed by atoms with E-state index in [1.165, 1.54) is 15.3 Å². The first-order valence-corrected chi connectivity index (χ1v) is 10.5. The van der Waals surface area contributed by atoms with Gasteiger partial charge in [0.25, 0.3) is 0 Å². The summed E-state index contributed by atoms with van der Waals surface area (Å²) in [6.07, 6.45) is 1.80. The highest BCUT2D eigenvalue weighted by Gasteiger charge is 2.32. The van der Waals surface area contributed by atoms with Crippen molar-refractivity contribution in [2.45, 2.75) is 39.8 Å². The Morgan fingerprint density at radius 2 is 2.00 bits per heavy atom. The molecule has 0 saturated heterocycles. The van der Waals surface area contributed by atoms with E-state index in [1.54, 1.807) is 29.1 Å². The van der Waals surface area contributed by atoms with E-state index in [4.69, 9.17) is 0 Å². The number of benzene rings is 1. The molecule has 29 heavy (non-hydrogen) atoms. The van der Waals surface area contributed by atoms with Crippen molar-refractivity contribution in [3.05, 3.63) is 63.1 Å². The van der Waals surface area contributed by atoms with Crippen LogP contribution in [0.3, 0.4) is 0 Å². The van der Waals surface area contributed by atoms with E-state index in [2.05, 4.69) is 18.1 Å². The highest BCUT2D eigenvalue weighted by Crippen LogP contribution is 2.42. The molecule has 1 amide bonds. The Morgan fingerprint density at radius 3 is 2.69 bits per heavy atom. The maximum Gasteiger partial charge on any atom is 0.357 e. The predicted molar refractivity (Wildman–Crippen MR) is 112 cm³/mol. The van der Waals surface area contributed by atoms with Crippen molar-refractivity contribution in [2.24, 2.45) is 0 Å². The summed E-state index contributed by atoms with van der Waals surface area (Å²) in [5.41, 5.74) is 3.78. The maximum absolute atomic E-state index is 12.2. The van der Waals surface area contributed by atoms with Crippen molar-refractivity contribution in [2.75, 3.05) is 6.54 Å². The summed E-state index contributed by atoms with van der Waals surface area (Å²) in [4.78, 5) is 28.3. The van der Waals surface area contributed by atoms with Gasteiger partial charge in [-0.1, -0.05) is 24.3 Å². The smallest absolute Gasteiger partial charge is 0.357 e. The van der Waals surface area contributed by atoms with Crippen LogP contribution in [-0.4, -0.2) is 38.2 Å². The van der Waals surface area contributed by atoms with E-state index < -0.39 is 5.97 Å². The summed E-state index contributed by atoms with van der Waals surface area (Å²) in [5.74, 6) is -0.993. The van der Waals surface area contributed by atoms with Gasteiger partial charge < -0.3 is 10.0 Å². The zero-order valence-electron chi connectivity index (χ0n) is 16.7. The second-order valence-electron chi connectivity index (χ2n) is 7.33. The zero-order valence-corrected chi connectivity index (χ0v) is 17.5. The molecule has 7 heteroatoms. The van der Waals surface area contributed by atoms with Crippen LogP contribution >= 0.6 is 11.3 Å². The third kappa shape index (κ3) is 3.46. The quantitative estimate of drug-likeness (QED) is 0.703. The van der Waals surface area contributed by atoms with Gasteiger partial charge in [-0.25, -0.2) is 4.79 Å². The topological polar surface area (TPSA) is 75.4 Å². The number of thiophene rings is 1. The van der Waals surface area contributed by atoms with Crippen LogP contribution in [0.2, 0.25) is 0 Å². The Labute approximate surface area is 173 Å². The van der Waals surface area contributed by atoms with E-state index in [0.717, 1.165) is 11.1 Å². The number of carbonyl (C=O) groups excluding carboxylic acids is 1. The molecule has 0 fully saturated rings. The van der Waals surface area contributed by atoms with Crippen molar-refractivity contribution in [3.63, 3.8) is 0 Å². The third-order valence-corrected chi connectivity index (χ3v) is 6.49. The number of aryl methyl sites for hydroxylation is 2. The largest absolute Gasteiger partial charge is 0.476 e. The molecule has 150 valence electrons. The first-order valence-electron chi connectivity index (χ1n) is 9.63. The van der Waals surface area contributed by atoms with Gasteiger partial charge in [0.15, 0.2) is 5.69 Å². The van der Waals surface area contributed by atoms with E-state index in [0.29, 0.717) is 25.2 Å². The number of hydrogen-bond acceptors (Lipinski definition) is 4. The monoisotopic (exact) mass is 409 g/mol. The molecule has 1 aromatic carbocycles. The number of nitrogens with zero attached hydrogens (tertiary/aromatic N) is 3. The highest BCUT2D eigenvalue weighted by atomic mass is 32.1. The van der Waals surface area contributed by atoms with Crippen molar-refractivity contribution in [1.29, 1.82) is 0 Å². The summed E-state index contributed by atoms with van der Waals surface area (Å²) in [7, 11) is 0. The van der Waals surface area contributed by atoms with Crippen molar-refractivity contribution in [1.82, 2.24) is 14.7 Å². The second kappa shape index (κ2) is 7.48. The van der Waals surface area contributed by atoms with E-state index in [9.17, 15) is 14.7 Å². The van der Waals surface area contributed by atoms with Gasteiger partial charge in [0.1, 0.15) is 0 Å². The minimum atomic E-state index is -1.04. The number of aromatic carboxylic acids is 1. The van der Waals surface area contributed by atoms with Crippen LogP contribution in [0.15, 0.2) is 36.5 Å². The molecular formula is C22H23N3O3S. The predicted octanol–water partition coefficient (Wildman–Crippen LogP) is 4.13. The number of carboxylic acid groups (broad SMARTS) is 1. The van der Waals surface area contributed by atoms with Crippen LogP contribution in [0, 0.1) is 6.92 Å². The van der Waals surface area contributed by atoms with Gasteiger partial charge in [-0.05, 0) is 36.6 Å². The number of carboxylic acids is 1. The molecule has 0 spiro atoms. The number of hydrogen-bond donors (Lipinski definition) is 1. The fraction of sp³-hybridized carbons (Fsp3) is 0.318. The second-order valence-corrected chi connectivity index (χ2v) is 8.67. The lowest BCUT2D eigenvalue weighted by Gasteiger charge is -2.33. The summed E-state index contributed by atoms with van der Waals surface area (Å²) in [5, 5.41) is 13.9. The van der Waals surface area contributed by atoms with Gasteiger partial charge in [0, 0.05) is 47.4 Å². The van der Waals surface area contributed by atoms with E-state index in [1.807, 2.05) is 36.1 Å². The van der Waals surface area contributed by atoms with Gasteiger partial charge in [-0.2, -0.15) is 5.10 Å². The summed E-state index contributed by atoms with van der Waals surface area (Å²) >= 11 is 1.72. The zero-order chi connectivity index (χ0) is 20.7.